The van der Waals surface area contributed by atoms with Crippen LogP contribution < -0.4 is 14.2 Å². The van der Waals surface area contributed by atoms with E-state index in [1.807, 2.05) is 0 Å². The summed E-state index contributed by atoms with van der Waals surface area (Å²) in [7, 11) is 1.56. The van der Waals surface area contributed by atoms with Gasteiger partial charge in [-0.25, -0.2) is 9.18 Å². The van der Waals surface area contributed by atoms with Gasteiger partial charge in [-0.2, -0.15) is 0 Å². The van der Waals surface area contributed by atoms with Crippen molar-refractivity contribution >= 4 is 11.8 Å². The van der Waals surface area contributed by atoms with Gasteiger partial charge in [0.25, 0.3) is 0 Å². The van der Waals surface area contributed by atoms with Crippen molar-refractivity contribution in [1.82, 2.24) is 0 Å². The predicted molar refractivity (Wildman–Crippen MR) is 100 cm³/mol. The first kappa shape index (κ1) is 19.1. The van der Waals surface area contributed by atoms with Gasteiger partial charge in [0, 0.05) is 11.1 Å². The molecular weight excluding hydrogens is 363 g/mol. The van der Waals surface area contributed by atoms with Crippen LogP contribution in [-0.2, 0) is 4.79 Å². The lowest BCUT2D eigenvalue weighted by Gasteiger charge is -2.08. The maximum Gasteiger partial charge on any atom is 0.349 e. The van der Waals surface area contributed by atoms with Gasteiger partial charge in [-0.3, -0.25) is 4.79 Å². The number of hydrogen-bond acceptors (Lipinski definition) is 5. The zero-order valence-corrected chi connectivity index (χ0v) is 15.1. The van der Waals surface area contributed by atoms with Gasteiger partial charge >= 0.3 is 5.97 Å². The van der Waals surface area contributed by atoms with Crippen LogP contribution in [0.2, 0.25) is 0 Å². The predicted octanol–water partition coefficient (Wildman–Crippen LogP) is 4.05. The average Bonchev–Trinajstić information content (AvgIpc) is 2.73. The molecule has 0 saturated heterocycles. The molecule has 0 aliphatic carbocycles. The summed E-state index contributed by atoms with van der Waals surface area (Å²) in [5.41, 5.74) is 0.778. The van der Waals surface area contributed by atoms with Crippen LogP contribution in [0.25, 0.3) is 0 Å². The molecule has 0 fully saturated rings. The van der Waals surface area contributed by atoms with Crippen molar-refractivity contribution < 1.29 is 28.2 Å². The highest BCUT2D eigenvalue weighted by molar-refractivity contribution is 6.09. The Bertz CT molecular complexity index is 948. The van der Waals surface area contributed by atoms with Crippen molar-refractivity contribution in [2.75, 3.05) is 13.7 Å². The summed E-state index contributed by atoms with van der Waals surface area (Å²) >= 11 is 0. The van der Waals surface area contributed by atoms with E-state index in [-0.39, 0.29) is 12.4 Å². The molecule has 5 nitrogen and oxygen atoms in total. The normalized spacial score (nSPS) is 10.2. The van der Waals surface area contributed by atoms with E-state index >= 15 is 0 Å². The van der Waals surface area contributed by atoms with E-state index in [2.05, 4.69) is 0 Å². The van der Waals surface area contributed by atoms with Crippen molar-refractivity contribution in [2.45, 2.75) is 0 Å². The van der Waals surface area contributed by atoms with Crippen LogP contribution in [0.15, 0.2) is 72.8 Å². The lowest BCUT2D eigenvalue weighted by Crippen LogP contribution is -2.17. The zero-order chi connectivity index (χ0) is 19.9. The molecule has 0 atom stereocenters. The fourth-order valence-corrected chi connectivity index (χ4v) is 2.42. The van der Waals surface area contributed by atoms with Crippen LogP contribution in [-0.4, -0.2) is 25.5 Å². The Hall–Kier alpha value is -3.67. The minimum absolute atomic E-state index is 0.249. The molecule has 0 heterocycles. The lowest BCUT2D eigenvalue weighted by molar-refractivity contribution is -0.136. The Labute approximate surface area is 161 Å². The molecule has 0 saturated carbocycles. The topological polar surface area (TPSA) is 61.8 Å². The standard InChI is InChI=1S/C22H17FO5/c1-26-18-10-12-19(13-11-18)27-14-21(24)28-20-8-4-16(5-9-20)22(25)15-2-6-17(23)7-3-15/h2-13H,14H2,1H3. The third-order valence-corrected chi connectivity index (χ3v) is 3.87. The van der Waals surface area contributed by atoms with Gasteiger partial charge < -0.3 is 14.2 Å². The van der Waals surface area contributed by atoms with Crippen LogP contribution in [0.3, 0.4) is 0 Å². The summed E-state index contributed by atoms with van der Waals surface area (Å²) < 4.78 is 28.5. The summed E-state index contributed by atoms with van der Waals surface area (Å²) in [6, 6.07) is 18.2. The number of carbonyl (C=O) groups is 2. The summed E-state index contributed by atoms with van der Waals surface area (Å²) in [4.78, 5) is 24.2. The number of ether oxygens (including phenoxy) is 3. The number of hydrogen-bond donors (Lipinski definition) is 0. The Kier molecular flexibility index (Phi) is 6.01. The molecule has 0 unspecified atom stereocenters. The average molecular weight is 380 g/mol. The molecule has 0 aliphatic rings. The van der Waals surface area contributed by atoms with E-state index in [0.717, 1.165) is 0 Å². The Morgan fingerprint density at radius 3 is 1.82 bits per heavy atom. The van der Waals surface area contributed by atoms with Gasteiger partial charge in [-0.15, -0.1) is 0 Å². The zero-order valence-electron chi connectivity index (χ0n) is 15.1. The molecule has 3 rings (SSSR count). The molecule has 3 aromatic carbocycles. The van der Waals surface area contributed by atoms with Crippen molar-refractivity contribution in [3.8, 4) is 17.2 Å². The first-order chi connectivity index (χ1) is 13.5. The molecule has 0 spiro atoms. The second-order valence-electron chi connectivity index (χ2n) is 5.80. The first-order valence-electron chi connectivity index (χ1n) is 8.43. The number of rotatable bonds is 7. The second kappa shape index (κ2) is 8.81. The maximum atomic E-state index is 13.0. The van der Waals surface area contributed by atoms with Crippen molar-refractivity contribution in [2.24, 2.45) is 0 Å². The van der Waals surface area contributed by atoms with Crippen LogP contribution >= 0.6 is 0 Å². The molecule has 0 radical (unpaired) electrons. The summed E-state index contributed by atoms with van der Waals surface area (Å²) in [5, 5.41) is 0. The molecule has 0 amide bonds. The van der Waals surface area contributed by atoms with Crippen LogP contribution in [0, 0.1) is 5.82 Å². The molecule has 28 heavy (non-hydrogen) atoms. The van der Waals surface area contributed by atoms with Crippen LogP contribution in [0.5, 0.6) is 17.2 Å². The van der Waals surface area contributed by atoms with E-state index in [1.54, 1.807) is 43.5 Å². The third-order valence-electron chi connectivity index (χ3n) is 3.87. The lowest BCUT2D eigenvalue weighted by atomic mass is 10.0. The summed E-state index contributed by atoms with van der Waals surface area (Å²) in [6.07, 6.45) is 0. The molecule has 0 aromatic heterocycles. The monoisotopic (exact) mass is 380 g/mol. The van der Waals surface area contributed by atoms with E-state index in [1.165, 1.54) is 36.4 Å². The first-order valence-corrected chi connectivity index (χ1v) is 8.43. The Morgan fingerprint density at radius 1 is 0.750 bits per heavy atom. The van der Waals surface area contributed by atoms with Gasteiger partial charge in [-0.1, -0.05) is 0 Å². The maximum absolute atomic E-state index is 13.0. The fourth-order valence-electron chi connectivity index (χ4n) is 2.42. The molecule has 0 N–H and O–H groups in total. The third kappa shape index (κ3) is 4.94. The molecule has 6 heteroatoms. The van der Waals surface area contributed by atoms with Crippen LogP contribution in [0.1, 0.15) is 15.9 Å². The Balaban J connectivity index is 1.55. The molecule has 142 valence electrons. The van der Waals surface area contributed by atoms with Gasteiger partial charge in [0.15, 0.2) is 12.4 Å². The minimum Gasteiger partial charge on any atom is -0.497 e. The van der Waals surface area contributed by atoms with Gasteiger partial charge in [-0.05, 0) is 72.8 Å². The van der Waals surface area contributed by atoms with Crippen molar-refractivity contribution in [3.63, 3.8) is 0 Å². The van der Waals surface area contributed by atoms with Crippen LogP contribution in [0.4, 0.5) is 4.39 Å². The van der Waals surface area contributed by atoms with Gasteiger partial charge in [0.2, 0.25) is 0 Å². The number of halogens is 1. The summed E-state index contributed by atoms with van der Waals surface area (Å²) in [5.74, 6) is 0.256. The van der Waals surface area contributed by atoms with E-state index in [0.29, 0.717) is 28.4 Å². The van der Waals surface area contributed by atoms with E-state index in [9.17, 15) is 14.0 Å². The van der Waals surface area contributed by atoms with E-state index in [4.69, 9.17) is 14.2 Å². The summed E-state index contributed by atoms with van der Waals surface area (Å²) in [6.45, 7) is -0.261. The number of benzene rings is 3. The largest absolute Gasteiger partial charge is 0.497 e. The smallest absolute Gasteiger partial charge is 0.349 e. The molecule has 3 aromatic rings. The number of esters is 1. The van der Waals surface area contributed by atoms with E-state index < -0.39 is 11.8 Å². The number of ketones is 1. The van der Waals surface area contributed by atoms with Crippen molar-refractivity contribution in [3.05, 3.63) is 89.7 Å². The number of methoxy groups -OCH3 is 1. The fraction of sp³-hybridized carbons (Fsp3) is 0.0909. The minimum atomic E-state index is -0.576. The van der Waals surface area contributed by atoms with Crippen molar-refractivity contribution in [1.29, 1.82) is 0 Å². The SMILES string of the molecule is COc1ccc(OCC(=O)Oc2ccc(C(=O)c3ccc(F)cc3)cc2)cc1. The highest BCUT2D eigenvalue weighted by Gasteiger charge is 2.11. The van der Waals surface area contributed by atoms with Gasteiger partial charge in [0.1, 0.15) is 23.1 Å². The highest BCUT2D eigenvalue weighted by Crippen LogP contribution is 2.18. The second-order valence-corrected chi connectivity index (χ2v) is 5.80. The highest BCUT2D eigenvalue weighted by atomic mass is 19.1. The number of carbonyl (C=O) groups excluding carboxylic acids is 2. The molecule has 0 aliphatic heterocycles. The quantitative estimate of drug-likeness (QED) is 0.352. The Morgan fingerprint density at radius 2 is 1.25 bits per heavy atom. The molecule has 0 bridgehead atoms. The van der Waals surface area contributed by atoms with Gasteiger partial charge in [0.05, 0.1) is 7.11 Å². The molecular formula is C22H17FO5.